The van der Waals surface area contributed by atoms with E-state index in [0.717, 1.165) is 28.5 Å². The number of pyridine rings is 1. The summed E-state index contributed by atoms with van der Waals surface area (Å²) in [6.07, 6.45) is 3.18. The van der Waals surface area contributed by atoms with Gasteiger partial charge in [0.1, 0.15) is 12.4 Å². The van der Waals surface area contributed by atoms with Crippen LogP contribution in [-0.4, -0.2) is 29.6 Å². The van der Waals surface area contributed by atoms with Gasteiger partial charge in [-0.3, -0.25) is 4.79 Å². The molecule has 0 aliphatic carbocycles. The van der Waals surface area contributed by atoms with E-state index in [2.05, 4.69) is 10.3 Å². The molecule has 1 aliphatic rings. The summed E-state index contributed by atoms with van der Waals surface area (Å²) in [7, 11) is 0. The monoisotopic (exact) mass is 329 g/mol. The van der Waals surface area contributed by atoms with Crippen LogP contribution in [0.25, 0.3) is 10.8 Å². The summed E-state index contributed by atoms with van der Waals surface area (Å²) in [4.78, 5) is 15.7. The molecule has 3 rings (SSSR count). The van der Waals surface area contributed by atoms with Gasteiger partial charge in [-0.25, -0.2) is 4.98 Å². The van der Waals surface area contributed by atoms with Crippen LogP contribution in [0.2, 0.25) is 0 Å². The van der Waals surface area contributed by atoms with Crippen LogP contribution in [0.4, 0.5) is 0 Å². The molecule has 2 aromatic rings. The number of fused-ring (bicyclic) bond motifs is 1. The predicted molar refractivity (Wildman–Crippen MR) is 92.1 cm³/mol. The standard InChI is InChI=1S/C18H23N3O3/c1-11(2)24-14-4-5-15-12(8-19)9-20-18(16(15)7-14)23-10-13-3-6-17(22)21-13/h4-5,7,9,11,13H,3,6,8,10,19H2,1-2H3,(H,21,22)/t13-/m0/s1. The number of hydrogen-bond donors (Lipinski definition) is 2. The van der Waals surface area contributed by atoms with Crippen molar-refractivity contribution < 1.29 is 14.3 Å². The van der Waals surface area contributed by atoms with Gasteiger partial charge in [-0.1, -0.05) is 6.07 Å². The lowest BCUT2D eigenvalue weighted by Gasteiger charge is -2.16. The van der Waals surface area contributed by atoms with Crippen molar-refractivity contribution in [3.8, 4) is 11.6 Å². The van der Waals surface area contributed by atoms with E-state index in [1.165, 1.54) is 0 Å². The minimum atomic E-state index is 0.0404. The minimum absolute atomic E-state index is 0.0404. The van der Waals surface area contributed by atoms with Crippen molar-refractivity contribution in [3.05, 3.63) is 30.0 Å². The molecular formula is C18H23N3O3. The lowest BCUT2D eigenvalue weighted by Crippen LogP contribution is -2.31. The Morgan fingerprint density at radius 2 is 2.21 bits per heavy atom. The van der Waals surface area contributed by atoms with Gasteiger partial charge in [0.15, 0.2) is 0 Å². The van der Waals surface area contributed by atoms with Crippen molar-refractivity contribution in [1.82, 2.24) is 10.3 Å². The molecule has 0 spiro atoms. The molecule has 1 saturated heterocycles. The molecule has 0 unspecified atom stereocenters. The summed E-state index contributed by atoms with van der Waals surface area (Å²) >= 11 is 0. The molecule has 3 N–H and O–H groups in total. The van der Waals surface area contributed by atoms with Crippen molar-refractivity contribution in [2.75, 3.05) is 6.61 Å². The van der Waals surface area contributed by atoms with Gasteiger partial charge in [0, 0.05) is 24.5 Å². The van der Waals surface area contributed by atoms with Crippen LogP contribution in [0, 0.1) is 0 Å². The molecule has 0 bridgehead atoms. The molecule has 6 heteroatoms. The van der Waals surface area contributed by atoms with Crippen molar-refractivity contribution in [1.29, 1.82) is 0 Å². The van der Waals surface area contributed by atoms with Gasteiger partial charge < -0.3 is 20.5 Å². The van der Waals surface area contributed by atoms with Gasteiger partial charge in [0.05, 0.1) is 12.1 Å². The van der Waals surface area contributed by atoms with Gasteiger partial charge in [-0.2, -0.15) is 0 Å². The van der Waals surface area contributed by atoms with E-state index in [1.54, 1.807) is 6.20 Å². The normalized spacial score (nSPS) is 17.3. The summed E-state index contributed by atoms with van der Waals surface area (Å²) in [5.41, 5.74) is 6.77. The Balaban J connectivity index is 1.89. The molecule has 128 valence electrons. The second-order valence-electron chi connectivity index (χ2n) is 6.28. The summed E-state index contributed by atoms with van der Waals surface area (Å²) in [5, 5.41) is 4.78. The van der Waals surface area contributed by atoms with E-state index in [0.29, 0.717) is 25.5 Å². The maximum absolute atomic E-state index is 11.3. The van der Waals surface area contributed by atoms with Gasteiger partial charge in [-0.15, -0.1) is 0 Å². The Morgan fingerprint density at radius 1 is 1.38 bits per heavy atom. The van der Waals surface area contributed by atoms with Gasteiger partial charge in [-0.05, 0) is 43.4 Å². The third-order valence-corrected chi connectivity index (χ3v) is 4.00. The van der Waals surface area contributed by atoms with Crippen molar-refractivity contribution in [2.24, 2.45) is 5.73 Å². The third kappa shape index (κ3) is 3.59. The number of carbonyl (C=O) groups excluding carboxylic acids is 1. The quantitative estimate of drug-likeness (QED) is 0.848. The molecule has 0 saturated carbocycles. The molecular weight excluding hydrogens is 306 g/mol. The Kier molecular flexibility index (Phi) is 4.85. The topological polar surface area (TPSA) is 86.5 Å². The number of nitrogens with zero attached hydrogens (tertiary/aromatic N) is 1. The number of aromatic nitrogens is 1. The number of nitrogens with one attached hydrogen (secondary N) is 1. The molecule has 2 heterocycles. The van der Waals surface area contributed by atoms with Crippen LogP contribution in [-0.2, 0) is 11.3 Å². The summed E-state index contributed by atoms with van der Waals surface area (Å²) in [5.74, 6) is 1.39. The highest BCUT2D eigenvalue weighted by Crippen LogP contribution is 2.30. The van der Waals surface area contributed by atoms with Crippen molar-refractivity contribution >= 4 is 16.7 Å². The highest BCUT2D eigenvalue weighted by molar-refractivity contribution is 5.90. The zero-order chi connectivity index (χ0) is 17.1. The van der Waals surface area contributed by atoms with Crippen molar-refractivity contribution in [2.45, 2.75) is 45.4 Å². The Bertz CT molecular complexity index is 746. The Labute approximate surface area is 141 Å². The number of hydrogen-bond acceptors (Lipinski definition) is 5. The first-order chi connectivity index (χ1) is 11.6. The summed E-state index contributed by atoms with van der Waals surface area (Å²) < 4.78 is 11.7. The maximum Gasteiger partial charge on any atom is 0.221 e. The molecule has 24 heavy (non-hydrogen) atoms. The number of benzene rings is 1. The second kappa shape index (κ2) is 7.05. The number of ether oxygens (including phenoxy) is 2. The second-order valence-corrected chi connectivity index (χ2v) is 6.28. The van der Waals surface area contributed by atoms with E-state index in [4.69, 9.17) is 15.2 Å². The number of rotatable bonds is 6. The highest BCUT2D eigenvalue weighted by atomic mass is 16.5. The molecule has 1 fully saturated rings. The highest BCUT2D eigenvalue weighted by Gasteiger charge is 2.21. The van der Waals surface area contributed by atoms with Gasteiger partial charge in [0.25, 0.3) is 0 Å². The zero-order valence-corrected chi connectivity index (χ0v) is 14.0. The molecule has 1 aliphatic heterocycles. The van der Waals surface area contributed by atoms with E-state index in [9.17, 15) is 4.79 Å². The molecule has 6 nitrogen and oxygen atoms in total. The van der Waals surface area contributed by atoms with E-state index in [-0.39, 0.29) is 18.1 Å². The first kappa shape index (κ1) is 16.5. The summed E-state index contributed by atoms with van der Waals surface area (Å²) in [6, 6.07) is 5.90. The maximum atomic E-state index is 11.3. The molecule has 1 amide bonds. The Hall–Kier alpha value is -2.34. The molecule has 1 aromatic heterocycles. The zero-order valence-electron chi connectivity index (χ0n) is 14.0. The minimum Gasteiger partial charge on any atom is -0.491 e. The van der Waals surface area contributed by atoms with Gasteiger partial charge in [0.2, 0.25) is 11.8 Å². The largest absolute Gasteiger partial charge is 0.491 e. The van der Waals surface area contributed by atoms with E-state index in [1.807, 2.05) is 32.0 Å². The molecule has 1 aromatic carbocycles. The van der Waals surface area contributed by atoms with Crippen LogP contribution in [0.1, 0.15) is 32.3 Å². The predicted octanol–water partition coefficient (Wildman–Crippen LogP) is 2.14. The lowest BCUT2D eigenvalue weighted by atomic mass is 10.1. The Morgan fingerprint density at radius 3 is 2.88 bits per heavy atom. The van der Waals surface area contributed by atoms with Crippen LogP contribution in [0.3, 0.4) is 0 Å². The smallest absolute Gasteiger partial charge is 0.221 e. The van der Waals surface area contributed by atoms with Crippen LogP contribution >= 0.6 is 0 Å². The number of nitrogens with two attached hydrogens (primary N) is 1. The number of amides is 1. The fourth-order valence-electron chi connectivity index (χ4n) is 2.86. The lowest BCUT2D eigenvalue weighted by molar-refractivity contribution is -0.119. The number of carbonyl (C=O) groups is 1. The average molecular weight is 329 g/mol. The van der Waals surface area contributed by atoms with Crippen LogP contribution in [0.5, 0.6) is 11.6 Å². The third-order valence-electron chi connectivity index (χ3n) is 4.00. The first-order valence-electron chi connectivity index (χ1n) is 8.27. The molecule has 0 radical (unpaired) electrons. The average Bonchev–Trinajstić information content (AvgIpc) is 2.97. The molecule has 1 atom stereocenters. The van der Waals surface area contributed by atoms with Gasteiger partial charge >= 0.3 is 0 Å². The fourth-order valence-corrected chi connectivity index (χ4v) is 2.86. The van der Waals surface area contributed by atoms with E-state index < -0.39 is 0 Å². The summed E-state index contributed by atoms with van der Waals surface area (Å²) in [6.45, 7) is 4.79. The SMILES string of the molecule is CC(C)Oc1ccc2c(CN)cnc(OC[C@@H]3CCC(=O)N3)c2c1. The van der Waals surface area contributed by atoms with E-state index >= 15 is 0 Å². The fraction of sp³-hybridized carbons (Fsp3) is 0.444. The van der Waals surface area contributed by atoms with Crippen LogP contribution in [0.15, 0.2) is 24.4 Å². The van der Waals surface area contributed by atoms with Crippen LogP contribution < -0.4 is 20.5 Å². The first-order valence-corrected chi connectivity index (χ1v) is 8.27. The van der Waals surface area contributed by atoms with Crippen molar-refractivity contribution in [3.63, 3.8) is 0 Å².